The predicted molar refractivity (Wildman–Crippen MR) is 44.2 cm³/mol. The van der Waals surface area contributed by atoms with Gasteiger partial charge in [0.15, 0.2) is 5.78 Å². The average molecular weight is 179 g/mol. The maximum Gasteiger partial charge on any atom is 0.240 e. The summed E-state index contributed by atoms with van der Waals surface area (Å²) in [6.07, 6.45) is 1.27. The Morgan fingerprint density at radius 2 is 2.15 bits per heavy atom. The summed E-state index contributed by atoms with van der Waals surface area (Å²) in [6.45, 7) is 1.31. The minimum Gasteiger partial charge on any atom is -0.295 e. The second kappa shape index (κ2) is 3.74. The van der Waals surface area contributed by atoms with Crippen molar-refractivity contribution in [1.29, 1.82) is 0 Å². The lowest BCUT2D eigenvalue weighted by Gasteiger charge is -1.96. The van der Waals surface area contributed by atoms with Crippen LogP contribution in [-0.2, 0) is 4.79 Å². The molecule has 0 aliphatic heterocycles. The Bertz CT molecular complexity index is 374. The second-order valence-electron chi connectivity index (χ2n) is 2.46. The number of Topliss-reactive ketones (excluding diaryl/α,β-unsaturated/α-hetero) is 1. The zero-order chi connectivity index (χ0) is 9.84. The van der Waals surface area contributed by atoms with Crippen LogP contribution in [-0.4, -0.2) is 11.9 Å². The summed E-state index contributed by atoms with van der Waals surface area (Å²) in [7, 11) is 0. The smallest absolute Gasteiger partial charge is 0.240 e. The molecule has 66 valence electrons. The number of hydrogen-bond donors (Lipinski definition) is 0. The van der Waals surface area contributed by atoms with E-state index in [4.69, 9.17) is 0 Å². The molecule has 0 bridgehead atoms. The van der Waals surface area contributed by atoms with E-state index in [2.05, 4.69) is 4.99 Å². The predicted octanol–water partition coefficient (Wildman–Crippen LogP) is 2.00. The highest BCUT2D eigenvalue weighted by Crippen LogP contribution is 2.16. The van der Waals surface area contributed by atoms with Crippen LogP contribution in [0.1, 0.15) is 17.3 Å². The van der Waals surface area contributed by atoms with E-state index in [0.717, 1.165) is 12.1 Å². The minimum absolute atomic E-state index is 0.0974. The molecule has 0 heterocycles. The molecular formula is C9H6FNO2. The maximum atomic E-state index is 12.8. The van der Waals surface area contributed by atoms with Crippen LogP contribution < -0.4 is 0 Å². The lowest BCUT2D eigenvalue weighted by Crippen LogP contribution is -1.92. The lowest BCUT2D eigenvalue weighted by molar-refractivity contribution is 0.101. The third-order valence-corrected chi connectivity index (χ3v) is 1.46. The van der Waals surface area contributed by atoms with Gasteiger partial charge in [-0.3, -0.25) is 4.79 Å². The average Bonchev–Trinajstić information content (AvgIpc) is 2.03. The molecule has 0 amide bonds. The van der Waals surface area contributed by atoms with Gasteiger partial charge in [0.2, 0.25) is 6.08 Å². The molecule has 0 saturated carbocycles. The molecule has 0 aliphatic carbocycles. The Hall–Kier alpha value is -1.80. The highest BCUT2D eigenvalue weighted by molar-refractivity contribution is 5.94. The van der Waals surface area contributed by atoms with Crippen molar-refractivity contribution in [1.82, 2.24) is 0 Å². The Morgan fingerprint density at radius 1 is 1.46 bits per heavy atom. The van der Waals surface area contributed by atoms with E-state index in [9.17, 15) is 14.0 Å². The molecule has 0 unspecified atom stereocenters. The van der Waals surface area contributed by atoms with Crippen molar-refractivity contribution in [2.75, 3.05) is 0 Å². The summed E-state index contributed by atoms with van der Waals surface area (Å²) in [5.74, 6) is -0.872. The Balaban J connectivity index is 3.26. The van der Waals surface area contributed by atoms with Crippen LogP contribution in [0.15, 0.2) is 23.2 Å². The molecule has 13 heavy (non-hydrogen) atoms. The zero-order valence-corrected chi connectivity index (χ0v) is 6.87. The number of carbonyl (C=O) groups excluding carboxylic acids is 2. The first-order valence-electron chi connectivity index (χ1n) is 3.53. The van der Waals surface area contributed by atoms with Gasteiger partial charge in [0.1, 0.15) is 5.82 Å². The fraction of sp³-hybridized carbons (Fsp3) is 0.111. The third kappa shape index (κ3) is 2.32. The van der Waals surface area contributed by atoms with Crippen molar-refractivity contribution in [3.05, 3.63) is 29.6 Å². The van der Waals surface area contributed by atoms with Crippen LogP contribution in [0.5, 0.6) is 0 Å². The van der Waals surface area contributed by atoms with E-state index in [1.54, 1.807) is 0 Å². The molecule has 4 heteroatoms. The highest BCUT2D eigenvalue weighted by Gasteiger charge is 2.03. The number of rotatable bonds is 2. The van der Waals surface area contributed by atoms with Gasteiger partial charge in [-0.15, -0.1) is 0 Å². The van der Waals surface area contributed by atoms with Gasteiger partial charge in [-0.2, -0.15) is 4.99 Å². The second-order valence-corrected chi connectivity index (χ2v) is 2.46. The SMILES string of the molecule is CC(=O)c1cc(F)cc(N=C=O)c1. The molecular weight excluding hydrogens is 173 g/mol. The summed E-state index contributed by atoms with van der Waals surface area (Å²) in [6, 6.07) is 3.47. The molecule has 0 atom stereocenters. The number of aliphatic imine (C=N–C) groups is 1. The Labute approximate surface area is 73.9 Å². The molecule has 1 rings (SSSR count). The summed E-state index contributed by atoms with van der Waals surface area (Å²) < 4.78 is 12.8. The van der Waals surface area contributed by atoms with Crippen LogP contribution in [0, 0.1) is 5.82 Å². The topological polar surface area (TPSA) is 46.5 Å². The number of isocyanates is 1. The largest absolute Gasteiger partial charge is 0.295 e. The standard InChI is InChI=1S/C9H6FNO2/c1-6(13)7-2-8(10)4-9(3-7)11-5-12/h2-4H,1H3. The molecule has 0 N–H and O–H groups in total. The van der Waals surface area contributed by atoms with Gasteiger partial charge in [-0.1, -0.05) is 0 Å². The zero-order valence-electron chi connectivity index (χ0n) is 6.87. The van der Waals surface area contributed by atoms with Gasteiger partial charge in [-0.05, 0) is 19.1 Å². The van der Waals surface area contributed by atoms with E-state index in [0.29, 0.717) is 0 Å². The van der Waals surface area contributed by atoms with E-state index in [-0.39, 0.29) is 17.0 Å². The summed E-state index contributed by atoms with van der Waals surface area (Å²) in [5.41, 5.74) is 0.286. The molecule has 0 saturated heterocycles. The number of benzene rings is 1. The summed E-state index contributed by atoms with van der Waals surface area (Å²) in [4.78, 5) is 23.9. The third-order valence-electron chi connectivity index (χ3n) is 1.46. The fourth-order valence-corrected chi connectivity index (χ4v) is 0.895. The first-order valence-corrected chi connectivity index (χ1v) is 3.53. The molecule has 0 fully saturated rings. The van der Waals surface area contributed by atoms with Crippen molar-refractivity contribution in [2.24, 2.45) is 4.99 Å². The van der Waals surface area contributed by atoms with Crippen LogP contribution in [0.2, 0.25) is 0 Å². The minimum atomic E-state index is -0.596. The van der Waals surface area contributed by atoms with Crippen molar-refractivity contribution in [3.8, 4) is 0 Å². The normalized spacial score (nSPS) is 9.08. The lowest BCUT2D eigenvalue weighted by atomic mass is 10.1. The van der Waals surface area contributed by atoms with Gasteiger partial charge in [0.05, 0.1) is 5.69 Å². The van der Waals surface area contributed by atoms with E-state index in [1.807, 2.05) is 0 Å². The number of halogens is 1. The number of carbonyl (C=O) groups is 1. The molecule has 0 aliphatic rings. The highest BCUT2D eigenvalue weighted by atomic mass is 19.1. The Kier molecular flexibility index (Phi) is 2.67. The van der Waals surface area contributed by atoms with Crippen molar-refractivity contribution < 1.29 is 14.0 Å². The number of ketones is 1. The van der Waals surface area contributed by atoms with Gasteiger partial charge < -0.3 is 0 Å². The van der Waals surface area contributed by atoms with Gasteiger partial charge in [0.25, 0.3) is 0 Å². The number of hydrogen-bond acceptors (Lipinski definition) is 3. The van der Waals surface area contributed by atoms with Crippen molar-refractivity contribution in [3.63, 3.8) is 0 Å². The van der Waals surface area contributed by atoms with Crippen LogP contribution in [0.4, 0.5) is 10.1 Å². The van der Waals surface area contributed by atoms with Gasteiger partial charge in [0, 0.05) is 11.6 Å². The molecule has 3 nitrogen and oxygen atoms in total. The monoisotopic (exact) mass is 179 g/mol. The molecule has 1 aromatic rings. The van der Waals surface area contributed by atoms with E-state index >= 15 is 0 Å². The van der Waals surface area contributed by atoms with Gasteiger partial charge >= 0.3 is 0 Å². The summed E-state index contributed by atoms with van der Waals surface area (Å²) in [5, 5.41) is 0. The molecule has 0 aromatic heterocycles. The van der Waals surface area contributed by atoms with E-state index < -0.39 is 5.82 Å². The van der Waals surface area contributed by atoms with Crippen LogP contribution in [0.25, 0.3) is 0 Å². The fourth-order valence-electron chi connectivity index (χ4n) is 0.895. The first kappa shape index (κ1) is 9.29. The number of nitrogens with zero attached hydrogens (tertiary/aromatic N) is 1. The molecule has 0 radical (unpaired) electrons. The first-order chi connectivity index (χ1) is 6.13. The quantitative estimate of drug-likeness (QED) is 0.396. The molecule has 0 spiro atoms. The maximum absolute atomic E-state index is 12.8. The van der Waals surface area contributed by atoms with Crippen LogP contribution in [0.3, 0.4) is 0 Å². The summed E-state index contributed by atoms with van der Waals surface area (Å²) >= 11 is 0. The van der Waals surface area contributed by atoms with E-state index in [1.165, 1.54) is 19.1 Å². The van der Waals surface area contributed by atoms with Gasteiger partial charge in [-0.25, -0.2) is 9.18 Å². The van der Waals surface area contributed by atoms with Crippen molar-refractivity contribution in [2.45, 2.75) is 6.92 Å². The Morgan fingerprint density at radius 3 is 2.69 bits per heavy atom. The molecule has 1 aromatic carbocycles. The van der Waals surface area contributed by atoms with Crippen molar-refractivity contribution >= 4 is 17.6 Å². The van der Waals surface area contributed by atoms with Crippen LogP contribution >= 0.6 is 0 Å².